The summed E-state index contributed by atoms with van der Waals surface area (Å²) in [5.41, 5.74) is 10.8. The molecule has 1 aliphatic rings. The molecule has 0 atom stereocenters. The van der Waals surface area contributed by atoms with E-state index < -0.39 is 11.2 Å². The van der Waals surface area contributed by atoms with Crippen molar-refractivity contribution in [1.82, 2.24) is 19.0 Å². The molecule has 6 rings (SSSR count). The third-order valence-electron chi connectivity index (χ3n) is 9.71. The maximum atomic E-state index is 13.9. The first-order chi connectivity index (χ1) is 22.2. The highest BCUT2D eigenvalue weighted by atomic mass is 16.2. The average molecular weight is 616 g/mol. The number of carbonyl (C=O) groups is 1. The fourth-order valence-electron chi connectivity index (χ4n) is 7.19. The predicted octanol–water partition coefficient (Wildman–Crippen LogP) is 5.62. The van der Waals surface area contributed by atoms with Crippen LogP contribution >= 0.6 is 0 Å². The van der Waals surface area contributed by atoms with Gasteiger partial charge < -0.3 is 10.6 Å². The molecular weight excluding hydrogens is 574 g/mol. The molecule has 0 amide bonds. The Hall–Kier alpha value is -4.82. The van der Waals surface area contributed by atoms with E-state index in [1.165, 1.54) is 22.7 Å². The van der Waals surface area contributed by atoms with Gasteiger partial charge in [-0.3, -0.25) is 18.7 Å². The summed E-state index contributed by atoms with van der Waals surface area (Å²) in [5.74, 6) is -0.0638. The number of likely N-dealkylation sites (tertiary alicyclic amines) is 1. The average Bonchev–Trinajstić information content (AvgIpc) is 3.08. The van der Waals surface area contributed by atoms with E-state index >= 15 is 0 Å². The SMILES string of the molecule is Cc1nc2c(c(-c3cccc(N)c3)c1C(=O)CCCCN1CCC(c3ccccc3)(c3ccccc3)CC1)c(=O)n(C)c(=O)n2C. The number of benzene rings is 3. The molecule has 8 nitrogen and oxygen atoms in total. The van der Waals surface area contributed by atoms with E-state index in [0.29, 0.717) is 34.5 Å². The number of nitrogen functional groups attached to an aromatic ring is 1. The number of aromatic nitrogens is 3. The molecular formula is C38H41N5O3. The topological polar surface area (TPSA) is 103 Å². The minimum atomic E-state index is -0.482. The number of hydrogen-bond acceptors (Lipinski definition) is 6. The van der Waals surface area contributed by atoms with Gasteiger partial charge in [-0.15, -0.1) is 0 Å². The Balaban J connectivity index is 1.20. The first-order valence-electron chi connectivity index (χ1n) is 16.0. The van der Waals surface area contributed by atoms with Crippen molar-refractivity contribution >= 4 is 22.5 Å². The normalized spacial score (nSPS) is 14.8. The summed E-state index contributed by atoms with van der Waals surface area (Å²) in [6.45, 7) is 4.68. The number of nitrogens with zero attached hydrogens (tertiary/aromatic N) is 4. The molecule has 46 heavy (non-hydrogen) atoms. The molecule has 0 saturated carbocycles. The molecule has 0 unspecified atom stereocenters. The molecule has 1 fully saturated rings. The van der Waals surface area contributed by atoms with E-state index in [1.807, 2.05) is 6.07 Å². The van der Waals surface area contributed by atoms with E-state index in [4.69, 9.17) is 5.73 Å². The summed E-state index contributed by atoms with van der Waals surface area (Å²) < 4.78 is 2.42. The van der Waals surface area contributed by atoms with Crippen LogP contribution in [0.3, 0.4) is 0 Å². The maximum Gasteiger partial charge on any atom is 0.332 e. The van der Waals surface area contributed by atoms with Crippen LogP contribution in [0, 0.1) is 6.92 Å². The molecule has 2 aromatic heterocycles. The van der Waals surface area contributed by atoms with Crippen LogP contribution in [0.15, 0.2) is 94.5 Å². The molecule has 0 spiro atoms. The molecule has 236 valence electrons. The van der Waals surface area contributed by atoms with Crippen LogP contribution in [-0.4, -0.2) is 44.4 Å². The van der Waals surface area contributed by atoms with Gasteiger partial charge in [0.15, 0.2) is 5.78 Å². The van der Waals surface area contributed by atoms with Crippen molar-refractivity contribution in [2.45, 2.75) is 44.4 Å². The van der Waals surface area contributed by atoms with Crippen LogP contribution < -0.4 is 17.0 Å². The highest BCUT2D eigenvalue weighted by Crippen LogP contribution is 2.41. The molecule has 8 heteroatoms. The summed E-state index contributed by atoms with van der Waals surface area (Å²) in [6.07, 6.45) is 4.03. The van der Waals surface area contributed by atoms with Crippen molar-refractivity contribution < 1.29 is 4.79 Å². The van der Waals surface area contributed by atoms with E-state index in [0.717, 1.165) is 49.9 Å². The lowest BCUT2D eigenvalue weighted by Gasteiger charge is -2.43. The van der Waals surface area contributed by atoms with Crippen molar-refractivity contribution in [3.8, 4) is 11.1 Å². The number of rotatable bonds is 9. The molecule has 0 bridgehead atoms. The lowest BCUT2D eigenvalue weighted by atomic mass is 9.68. The van der Waals surface area contributed by atoms with Gasteiger partial charge >= 0.3 is 5.69 Å². The first kappa shape index (κ1) is 31.2. The fourth-order valence-corrected chi connectivity index (χ4v) is 7.19. The van der Waals surface area contributed by atoms with Crippen molar-refractivity contribution in [3.05, 3.63) is 128 Å². The summed E-state index contributed by atoms with van der Waals surface area (Å²) in [5, 5.41) is 0.248. The number of aryl methyl sites for hydroxylation is 2. The van der Waals surface area contributed by atoms with Gasteiger partial charge in [0.05, 0.1) is 11.1 Å². The standard InChI is InChI=1S/C38H41N5O3/c1-26-32(33(27-13-12-18-30(39)25-27)34-35(40-26)41(2)37(46)42(3)36(34)45)31(44)19-10-11-22-43-23-20-38(21-24-43,28-14-6-4-7-15-28)29-16-8-5-9-17-29/h4-9,12-18,25H,10-11,19-24,39H2,1-3H3. The van der Waals surface area contributed by atoms with E-state index in [-0.39, 0.29) is 22.2 Å². The predicted molar refractivity (Wildman–Crippen MR) is 184 cm³/mol. The van der Waals surface area contributed by atoms with Crippen LogP contribution in [0.5, 0.6) is 0 Å². The number of pyridine rings is 1. The Bertz CT molecular complexity index is 1970. The highest BCUT2D eigenvalue weighted by Gasteiger charge is 2.37. The van der Waals surface area contributed by atoms with Crippen molar-refractivity contribution in [2.24, 2.45) is 14.1 Å². The number of Topliss-reactive ketones (excluding diaryl/α,β-unsaturated/α-hetero) is 1. The van der Waals surface area contributed by atoms with Crippen LogP contribution in [0.25, 0.3) is 22.2 Å². The Morgan fingerprint density at radius 3 is 2.09 bits per heavy atom. The van der Waals surface area contributed by atoms with Gasteiger partial charge in [-0.05, 0) is 81.1 Å². The lowest BCUT2D eigenvalue weighted by molar-refractivity contribution is 0.0976. The van der Waals surface area contributed by atoms with Crippen LogP contribution in [0.2, 0.25) is 0 Å². The second-order valence-electron chi connectivity index (χ2n) is 12.5. The Kier molecular flexibility index (Phi) is 8.73. The minimum absolute atomic E-state index is 0.00732. The molecule has 5 aromatic rings. The highest BCUT2D eigenvalue weighted by molar-refractivity contribution is 6.10. The third-order valence-corrected chi connectivity index (χ3v) is 9.71. The lowest BCUT2D eigenvalue weighted by Crippen LogP contribution is -2.43. The maximum absolute atomic E-state index is 13.9. The second kappa shape index (κ2) is 12.9. The monoisotopic (exact) mass is 615 g/mol. The van der Waals surface area contributed by atoms with Crippen molar-refractivity contribution in [1.29, 1.82) is 0 Å². The molecule has 3 heterocycles. The molecule has 3 aromatic carbocycles. The van der Waals surface area contributed by atoms with E-state index in [1.54, 1.807) is 32.2 Å². The number of ketones is 1. The number of anilines is 1. The summed E-state index contributed by atoms with van der Waals surface area (Å²) in [4.78, 5) is 47.3. The Morgan fingerprint density at radius 1 is 0.848 bits per heavy atom. The number of fused-ring (bicyclic) bond motifs is 1. The van der Waals surface area contributed by atoms with Crippen LogP contribution in [-0.2, 0) is 19.5 Å². The van der Waals surface area contributed by atoms with Gasteiger partial charge in [0.1, 0.15) is 5.65 Å². The van der Waals surface area contributed by atoms with E-state index in [9.17, 15) is 14.4 Å². The zero-order chi connectivity index (χ0) is 32.4. The summed E-state index contributed by atoms with van der Waals surface area (Å²) >= 11 is 0. The molecule has 1 aliphatic heterocycles. The third kappa shape index (κ3) is 5.69. The first-order valence-corrected chi connectivity index (χ1v) is 16.0. The second-order valence-corrected chi connectivity index (χ2v) is 12.5. The minimum Gasteiger partial charge on any atom is -0.399 e. The molecule has 1 saturated heterocycles. The Labute approximate surface area is 269 Å². The quantitative estimate of drug-likeness (QED) is 0.131. The smallest absolute Gasteiger partial charge is 0.332 e. The molecule has 0 aliphatic carbocycles. The zero-order valence-corrected chi connectivity index (χ0v) is 26.8. The van der Waals surface area contributed by atoms with Crippen LogP contribution in [0.4, 0.5) is 5.69 Å². The zero-order valence-electron chi connectivity index (χ0n) is 26.8. The van der Waals surface area contributed by atoms with Gasteiger partial charge in [-0.25, -0.2) is 9.78 Å². The number of piperidine rings is 1. The van der Waals surface area contributed by atoms with Gasteiger partial charge in [-0.1, -0.05) is 72.8 Å². The summed E-state index contributed by atoms with van der Waals surface area (Å²) in [6, 6.07) is 28.9. The van der Waals surface area contributed by atoms with Crippen molar-refractivity contribution in [3.63, 3.8) is 0 Å². The number of carbonyl (C=O) groups excluding carboxylic acids is 1. The Morgan fingerprint density at radius 2 is 1.48 bits per heavy atom. The van der Waals surface area contributed by atoms with Gasteiger partial charge in [0.25, 0.3) is 5.56 Å². The van der Waals surface area contributed by atoms with Gasteiger partial charge in [0, 0.05) is 42.7 Å². The van der Waals surface area contributed by atoms with Crippen LogP contribution in [0.1, 0.15) is 59.3 Å². The fraction of sp³-hybridized carbons (Fsp3) is 0.316. The van der Waals surface area contributed by atoms with Gasteiger partial charge in [0.2, 0.25) is 0 Å². The number of hydrogen-bond donors (Lipinski definition) is 1. The summed E-state index contributed by atoms with van der Waals surface area (Å²) in [7, 11) is 3.03. The van der Waals surface area contributed by atoms with E-state index in [2.05, 4.69) is 70.5 Å². The molecule has 0 radical (unpaired) electrons. The largest absolute Gasteiger partial charge is 0.399 e. The van der Waals surface area contributed by atoms with Gasteiger partial charge in [-0.2, -0.15) is 0 Å². The number of unbranched alkanes of at least 4 members (excludes halogenated alkanes) is 1. The van der Waals surface area contributed by atoms with Crippen molar-refractivity contribution in [2.75, 3.05) is 25.4 Å². The molecule has 2 N–H and O–H groups in total. The number of nitrogens with two attached hydrogens (primary N) is 1.